The average Bonchev–Trinajstić information content (AvgIpc) is 2.86. The molecule has 0 spiro atoms. The van der Waals surface area contributed by atoms with Crippen LogP contribution < -0.4 is 11.4 Å². The minimum absolute atomic E-state index is 0.121. The van der Waals surface area contributed by atoms with Crippen molar-refractivity contribution in [3.8, 4) is 0 Å². The van der Waals surface area contributed by atoms with Crippen LogP contribution in [-0.4, -0.2) is 40.1 Å². The zero-order valence-electron chi connectivity index (χ0n) is 9.07. The Morgan fingerprint density at radius 3 is 3.18 bits per heavy atom. The fraction of sp³-hybridized carbons (Fsp3) is 0.600. The van der Waals surface area contributed by atoms with Crippen molar-refractivity contribution in [1.29, 1.82) is 0 Å². The van der Waals surface area contributed by atoms with Gasteiger partial charge in [-0.15, -0.1) is 0 Å². The van der Waals surface area contributed by atoms with E-state index in [1.165, 1.54) is 4.57 Å². The maximum Gasteiger partial charge on any atom is 0.351 e. The highest BCUT2D eigenvalue weighted by atomic mass is 16.6. The number of fused-ring (bicyclic) bond motifs is 2. The Bertz CT molecular complexity index is 503. The van der Waals surface area contributed by atoms with Crippen LogP contribution in [-0.2, 0) is 15.2 Å². The molecule has 2 bridgehead atoms. The molecule has 92 valence electrons. The van der Waals surface area contributed by atoms with Gasteiger partial charge in [-0.25, -0.2) is 4.79 Å². The van der Waals surface area contributed by atoms with Crippen LogP contribution in [0.4, 0.5) is 5.82 Å². The third-order valence-corrected chi connectivity index (χ3v) is 3.27. The first-order chi connectivity index (χ1) is 8.14. The van der Waals surface area contributed by atoms with Gasteiger partial charge in [0.2, 0.25) is 0 Å². The number of aromatic nitrogens is 2. The highest BCUT2D eigenvalue weighted by Crippen LogP contribution is 2.42. The smallest absolute Gasteiger partial charge is 0.351 e. The standard InChI is InChI=1S/C10H13N3O4/c11-8-1-2-13(9(15)12-8)10-3-6(16-5-10)7(4-14)17-10/h1-2,6-7,14H,3-5H2,(H2,11,12,15)/t6?,7-,10-/m1/s1. The monoisotopic (exact) mass is 239 g/mol. The fourth-order valence-electron chi connectivity index (χ4n) is 2.45. The highest BCUT2D eigenvalue weighted by molar-refractivity contribution is 5.24. The first-order valence-electron chi connectivity index (χ1n) is 5.40. The van der Waals surface area contributed by atoms with E-state index in [9.17, 15) is 4.79 Å². The molecule has 0 radical (unpaired) electrons. The Morgan fingerprint density at radius 1 is 1.71 bits per heavy atom. The van der Waals surface area contributed by atoms with Gasteiger partial charge in [-0.3, -0.25) is 4.57 Å². The van der Waals surface area contributed by atoms with E-state index in [2.05, 4.69) is 4.98 Å². The Balaban J connectivity index is 2.02. The van der Waals surface area contributed by atoms with Gasteiger partial charge in [0.25, 0.3) is 0 Å². The van der Waals surface area contributed by atoms with Crippen molar-refractivity contribution in [1.82, 2.24) is 9.55 Å². The molecule has 0 saturated carbocycles. The van der Waals surface area contributed by atoms with E-state index < -0.39 is 11.4 Å². The predicted molar refractivity (Wildman–Crippen MR) is 57.2 cm³/mol. The number of nitrogen functional groups attached to an aromatic ring is 1. The third kappa shape index (κ3) is 1.47. The fourth-order valence-corrected chi connectivity index (χ4v) is 2.45. The molecule has 0 aromatic carbocycles. The summed E-state index contributed by atoms with van der Waals surface area (Å²) in [6.07, 6.45) is 1.55. The van der Waals surface area contributed by atoms with Crippen molar-refractivity contribution in [2.24, 2.45) is 0 Å². The molecule has 3 heterocycles. The summed E-state index contributed by atoms with van der Waals surface area (Å²) in [5.74, 6) is 0.176. The molecule has 1 aromatic rings. The number of hydrogen-bond donors (Lipinski definition) is 2. The molecule has 2 fully saturated rings. The molecule has 3 rings (SSSR count). The molecule has 7 heteroatoms. The summed E-state index contributed by atoms with van der Waals surface area (Å²) in [7, 11) is 0. The van der Waals surface area contributed by atoms with Gasteiger partial charge in [0, 0.05) is 12.6 Å². The van der Waals surface area contributed by atoms with E-state index in [1.807, 2.05) is 0 Å². The SMILES string of the molecule is Nc1ccn([C@]23COC(C2)[C@@H](CO)O3)c(=O)n1. The Morgan fingerprint density at radius 2 is 2.53 bits per heavy atom. The molecule has 2 aliphatic heterocycles. The second kappa shape index (κ2) is 3.52. The predicted octanol–water partition coefficient (Wildman–Crippen LogP) is -1.34. The lowest BCUT2D eigenvalue weighted by atomic mass is 10.1. The highest BCUT2D eigenvalue weighted by Gasteiger charge is 2.54. The molecule has 0 amide bonds. The number of hydrogen-bond acceptors (Lipinski definition) is 6. The van der Waals surface area contributed by atoms with E-state index in [4.69, 9.17) is 20.3 Å². The molecule has 17 heavy (non-hydrogen) atoms. The number of rotatable bonds is 2. The first-order valence-corrected chi connectivity index (χ1v) is 5.40. The number of aliphatic hydroxyl groups excluding tert-OH is 1. The van der Waals surface area contributed by atoms with Crippen LogP contribution in [0.15, 0.2) is 17.1 Å². The van der Waals surface area contributed by atoms with Gasteiger partial charge < -0.3 is 20.3 Å². The minimum Gasteiger partial charge on any atom is -0.394 e. The second-order valence-electron chi connectivity index (χ2n) is 4.34. The van der Waals surface area contributed by atoms with Gasteiger partial charge in [-0.1, -0.05) is 0 Å². The largest absolute Gasteiger partial charge is 0.394 e. The summed E-state index contributed by atoms with van der Waals surface area (Å²) in [6, 6.07) is 1.54. The van der Waals surface area contributed by atoms with Crippen molar-refractivity contribution in [2.45, 2.75) is 24.4 Å². The Hall–Kier alpha value is -1.44. The lowest BCUT2D eigenvalue weighted by Crippen LogP contribution is -2.46. The molecular weight excluding hydrogens is 226 g/mol. The summed E-state index contributed by atoms with van der Waals surface area (Å²) in [6.45, 7) is 0.170. The van der Waals surface area contributed by atoms with Crippen LogP contribution in [0.5, 0.6) is 0 Å². The lowest BCUT2D eigenvalue weighted by Gasteiger charge is -2.31. The summed E-state index contributed by atoms with van der Waals surface area (Å²) in [4.78, 5) is 15.4. The van der Waals surface area contributed by atoms with E-state index in [0.717, 1.165) is 0 Å². The van der Waals surface area contributed by atoms with Crippen LogP contribution in [0.2, 0.25) is 0 Å². The number of anilines is 1. The number of aliphatic hydroxyl groups is 1. The lowest BCUT2D eigenvalue weighted by molar-refractivity contribution is -0.189. The maximum atomic E-state index is 11.8. The number of nitrogens with two attached hydrogens (primary N) is 1. The Labute approximate surface area is 96.8 Å². The quantitative estimate of drug-likeness (QED) is 0.662. The third-order valence-electron chi connectivity index (χ3n) is 3.27. The maximum absolute atomic E-state index is 11.8. The Kier molecular flexibility index (Phi) is 2.22. The number of nitrogens with zero attached hydrogens (tertiary/aromatic N) is 2. The van der Waals surface area contributed by atoms with Crippen LogP contribution in [0, 0.1) is 0 Å². The molecular formula is C10H13N3O4. The van der Waals surface area contributed by atoms with Crippen molar-refractivity contribution in [2.75, 3.05) is 18.9 Å². The molecule has 7 nitrogen and oxygen atoms in total. The van der Waals surface area contributed by atoms with E-state index in [-0.39, 0.29) is 24.6 Å². The van der Waals surface area contributed by atoms with Gasteiger partial charge in [-0.2, -0.15) is 4.98 Å². The van der Waals surface area contributed by atoms with E-state index >= 15 is 0 Å². The molecule has 1 unspecified atom stereocenters. The number of ether oxygens (including phenoxy) is 2. The summed E-state index contributed by atoms with van der Waals surface area (Å²) >= 11 is 0. The molecule has 1 aromatic heterocycles. The minimum atomic E-state index is -0.837. The van der Waals surface area contributed by atoms with Gasteiger partial charge in [0.05, 0.1) is 19.3 Å². The summed E-state index contributed by atoms with van der Waals surface area (Å²) in [5, 5.41) is 9.13. The molecule has 0 aliphatic carbocycles. The molecule has 3 N–H and O–H groups in total. The molecule has 3 atom stereocenters. The molecule has 2 saturated heterocycles. The van der Waals surface area contributed by atoms with Crippen molar-refractivity contribution in [3.05, 3.63) is 22.7 Å². The van der Waals surface area contributed by atoms with Crippen molar-refractivity contribution < 1.29 is 14.6 Å². The second-order valence-corrected chi connectivity index (χ2v) is 4.34. The van der Waals surface area contributed by atoms with Crippen molar-refractivity contribution >= 4 is 5.82 Å². The summed E-state index contributed by atoms with van der Waals surface area (Å²) in [5.41, 5.74) is 4.14. The zero-order chi connectivity index (χ0) is 12.0. The van der Waals surface area contributed by atoms with Gasteiger partial charge in [-0.05, 0) is 6.07 Å². The first kappa shape index (κ1) is 10.7. The normalized spacial score (nSPS) is 35.4. The average molecular weight is 239 g/mol. The van der Waals surface area contributed by atoms with Crippen LogP contribution in [0.25, 0.3) is 0 Å². The van der Waals surface area contributed by atoms with Crippen LogP contribution in [0.1, 0.15) is 6.42 Å². The van der Waals surface area contributed by atoms with Crippen molar-refractivity contribution in [3.63, 3.8) is 0 Å². The topological polar surface area (TPSA) is 99.6 Å². The van der Waals surface area contributed by atoms with E-state index in [0.29, 0.717) is 13.0 Å². The molecule has 2 aliphatic rings. The summed E-state index contributed by atoms with van der Waals surface area (Å²) < 4.78 is 12.6. The van der Waals surface area contributed by atoms with Gasteiger partial charge >= 0.3 is 5.69 Å². The zero-order valence-corrected chi connectivity index (χ0v) is 9.07. The van der Waals surface area contributed by atoms with Gasteiger partial charge in [0.1, 0.15) is 11.9 Å². The van der Waals surface area contributed by atoms with Crippen LogP contribution in [0.3, 0.4) is 0 Å². The van der Waals surface area contributed by atoms with Crippen LogP contribution >= 0.6 is 0 Å². The van der Waals surface area contributed by atoms with E-state index in [1.54, 1.807) is 12.3 Å². The van der Waals surface area contributed by atoms with Gasteiger partial charge in [0.15, 0.2) is 5.72 Å².